The molecule has 0 spiro atoms. The number of aliphatic carboxylic acids is 1. The third-order valence-corrected chi connectivity index (χ3v) is 2.78. The second-order valence-electron chi connectivity index (χ2n) is 4.19. The predicted molar refractivity (Wildman–Crippen MR) is 56.9 cm³/mol. The average Bonchev–Trinajstić information content (AvgIpc) is 2.59. The van der Waals surface area contributed by atoms with E-state index in [9.17, 15) is 14.7 Å². The van der Waals surface area contributed by atoms with E-state index in [4.69, 9.17) is 5.11 Å². The van der Waals surface area contributed by atoms with Gasteiger partial charge in [0.15, 0.2) is 0 Å². The number of carboxylic acid groups (broad SMARTS) is 1. The Bertz CT molecular complexity index is 282. The second-order valence-corrected chi connectivity index (χ2v) is 4.19. The maximum absolute atomic E-state index is 11.9. The number of aliphatic hydroxyl groups excluding tert-OH is 1. The number of aliphatic hydroxyl groups is 1. The lowest BCUT2D eigenvalue weighted by Gasteiger charge is -2.24. The van der Waals surface area contributed by atoms with Crippen LogP contribution < -0.4 is 5.32 Å². The van der Waals surface area contributed by atoms with Crippen molar-refractivity contribution in [3.8, 4) is 0 Å². The number of carbonyl (C=O) groups excluding carboxylic acids is 1. The van der Waals surface area contributed by atoms with Gasteiger partial charge >= 0.3 is 5.97 Å². The van der Waals surface area contributed by atoms with Crippen LogP contribution in [0.1, 0.15) is 13.3 Å². The highest BCUT2D eigenvalue weighted by molar-refractivity contribution is 5.85. The Kier molecular flexibility index (Phi) is 4.26. The number of β-amino-alcohol motifs (C(OH)–C–C–N with tert-alkyl or cyclic N) is 1. The summed E-state index contributed by atoms with van der Waals surface area (Å²) in [7, 11) is 1.73. The van der Waals surface area contributed by atoms with Crippen molar-refractivity contribution in [3.63, 3.8) is 0 Å². The first-order valence-corrected chi connectivity index (χ1v) is 5.33. The molecular weight excluding hydrogens is 212 g/mol. The lowest BCUT2D eigenvalue weighted by molar-refractivity contribution is -0.149. The first kappa shape index (κ1) is 12.9. The molecule has 6 nitrogen and oxygen atoms in total. The summed E-state index contributed by atoms with van der Waals surface area (Å²) in [5.41, 5.74) is 0. The molecule has 1 heterocycles. The lowest BCUT2D eigenvalue weighted by atomic mass is 10.1. The van der Waals surface area contributed by atoms with Gasteiger partial charge in [0.05, 0.1) is 6.10 Å². The van der Waals surface area contributed by atoms with Crippen LogP contribution in [0.2, 0.25) is 0 Å². The van der Waals surface area contributed by atoms with E-state index >= 15 is 0 Å². The molecule has 3 N–H and O–H groups in total. The molecule has 1 aliphatic rings. The number of nitrogens with one attached hydrogen (secondary N) is 1. The summed E-state index contributed by atoms with van der Waals surface area (Å²) in [4.78, 5) is 24.1. The van der Waals surface area contributed by atoms with E-state index in [2.05, 4.69) is 5.32 Å². The first-order chi connectivity index (χ1) is 7.47. The molecule has 1 aliphatic heterocycles. The Morgan fingerprint density at radius 3 is 2.69 bits per heavy atom. The molecule has 1 unspecified atom stereocenters. The highest BCUT2D eigenvalue weighted by Gasteiger charge is 2.39. The van der Waals surface area contributed by atoms with E-state index in [0.717, 1.165) is 0 Å². The Balaban J connectivity index is 2.70. The molecule has 0 aliphatic carbocycles. The van der Waals surface area contributed by atoms with Crippen molar-refractivity contribution in [1.82, 2.24) is 10.2 Å². The number of likely N-dealkylation sites (tertiary alicyclic amines) is 1. The fraction of sp³-hybridized carbons (Fsp3) is 0.800. The molecular formula is C10H18N2O4. The standard InChI is InChI=1S/C10H18N2O4/c1-6(4-11-2)9(14)12-5-7(13)3-8(12)10(15)16/h6-8,11,13H,3-5H2,1-2H3,(H,15,16)/t6?,7-,8-/m0/s1. The van der Waals surface area contributed by atoms with Crippen molar-refractivity contribution in [2.75, 3.05) is 20.1 Å². The van der Waals surface area contributed by atoms with E-state index in [1.807, 2.05) is 0 Å². The third-order valence-electron chi connectivity index (χ3n) is 2.78. The zero-order valence-corrected chi connectivity index (χ0v) is 9.51. The molecule has 1 rings (SSSR count). The van der Waals surface area contributed by atoms with Gasteiger partial charge in [-0.3, -0.25) is 4.79 Å². The fourth-order valence-corrected chi connectivity index (χ4v) is 1.97. The molecule has 0 saturated carbocycles. The topological polar surface area (TPSA) is 89.9 Å². The summed E-state index contributed by atoms with van der Waals surface area (Å²) < 4.78 is 0. The van der Waals surface area contributed by atoms with E-state index < -0.39 is 18.1 Å². The van der Waals surface area contributed by atoms with Crippen molar-refractivity contribution >= 4 is 11.9 Å². The van der Waals surface area contributed by atoms with E-state index in [0.29, 0.717) is 6.54 Å². The summed E-state index contributed by atoms with van der Waals surface area (Å²) in [6.45, 7) is 2.35. The van der Waals surface area contributed by atoms with Crippen LogP contribution in [-0.4, -0.2) is 59.3 Å². The molecule has 1 amide bonds. The number of hydrogen-bond acceptors (Lipinski definition) is 4. The molecule has 0 bridgehead atoms. The summed E-state index contributed by atoms with van der Waals surface area (Å²) >= 11 is 0. The van der Waals surface area contributed by atoms with Crippen LogP contribution in [0.3, 0.4) is 0 Å². The van der Waals surface area contributed by atoms with Gasteiger partial charge in [-0.25, -0.2) is 4.79 Å². The average molecular weight is 230 g/mol. The predicted octanol–water partition coefficient (Wildman–Crippen LogP) is -1.11. The van der Waals surface area contributed by atoms with Gasteiger partial charge in [0, 0.05) is 25.4 Å². The van der Waals surface area contributed by atoms with Crippen LogP contribution in [0.25, 0.3) is 0 Å². The molecule has 92 valence electrons. The first-order valence-electron chi connectivity index (χ1n) is 5.33. The monoisotopic (exact) mass is 230 g/mol. The largest absolute Gasteiger partial charge is 0.480 e. The van der Waals surface area contributed by atoms with Gasteiger partial charge in [0.25, 0.3) is 0 Å². The minimum absolute atomic E-state index is 0.115. The molecule has 1 saturated heterocycles. The van der Waals surface area contributed by atoms with Crippen LogP contribution in [0, 0.1) is 5.92 Å². The number of carboxylic acids is 1. The zero-order chi connectivity index (χ0) is 12.3. The third kappa shape index (κ3) is 2.70. The minimum atomic E-state index is -1.05. The van der Waals surface area contributed by atoms with Gasteiger partial charge in [-0.2, -0.15) is 0 Å². The Morgan fingerprint density at radius 1 is 1.56 bits per heavy atom. The molecule has 3 atom stereocenters. The highest BCUT2D eigenvalue weighted by Crippen LogP contribution is 2.20. The maximum Gasteiger partial charge on any atom is 0.326 e. The maximum atomic E-state index is 11.9. The molecule has 16 heavy (non-hydrogen) atoms. The SMILES string of the molecule is CNCC(C)C(=O)N1C[C@@H](O)C[C@H]1C(=O)O. The number of nitrogens with zero attached hydrogens (tertiary/aromatic N) is 1. The van der Waals surface area contributed by atoms with Crippen molar-refractivity contribution in [3.05, 3.63) is 0 Å². The van der Waals surface area contributed by atoms with Crippen LogP contribution in [0.4, 0.5) is 0 Å². The van der Waals surface area contributed by atoms with Crippen LogP contribution in [-0.2, 0) is 9.59 Å². The van der Waals surface area contributed by atoms with E-state index in [1.54, 1.807) is 14.0 Å². The highest BCUT2D eigenvalue weighted by atomic mass is 16.4. The van der Waals surface area contributed by atoms with E-state index in [-0.39, 0.29) is 24.8 Å². The Morgan fingerprint density at radius 2 is 2.19 bits per heavy atom. The van der Waals surface area contributed by atoms with Crippen LogP contribution >= 0.6 is 0 Å². The summed E-state index contributed by atoms with van der Waals surface area (Å²) in [6, 6.07) is -0.887. The van der Waals surface area contributed by atoms with Gasteiger partial charge in [-0.15, -0.1) is 0 Å². The number of hydrogen-bond donors (Lipinski definition) is 3. The summed E-state index contributed by atoms with van der Waals surface area (Å²) in [6.07, 6.45) is -0.611. The molecule has 6 heteroatoms. The number of amides is 1. The van der Waals surface area contributed by atoms with E-state index in [1.165, 1.54) is 4.90 Å². The minimum Gasteiger partial charge on any atom is -0.480 e. The quantitative estimate of drug-likeness (QED) is 0.569. The molecule has 0 aromatic heterocycles. The Labute approximate surface area is 94.2 Å². The van der Waals surface area contributed by atoms with Gasteiger partial charge in [-0.1, -0.05) is 6.92 Å². The van der Waals surface area contributed by atoms with Crippen LogP contribution in [0.15, 0.2) is 0 Å². The van der Waals surface area contributed by atoms with Gasteiger partial charge < -0.3 is 20.4 Å². The fourth-order valence-electron chi connectivity index (χ4n) is 1.97. The van der Waals surface area contributed by atoms with Crippen molar-refractivity contribution in [1.29, 1.82) is 0 Å². The van der Waals surface area contributed by atoms with Crippen molar-refractivity contribution < 1.29 is 19.8 Å². The summed E-state index contributed by atoms with van der Waals surface area (Å²) in [5, 5.41) is 21.2. The molecule has 0 radical (unpaired) electrons. The zero-order valence-electron chi connectivity index (χ0n) is 9.51. The Hall–Kier alpha value is -1.14. The van der Waals surface area contributed by atoms with Crippen molar-refractivity contribution in [2.24, 2.45) is 5.92 Å². The van der Waals surface area contributed by atoms with Crippen LogP contribution in [0.5, 0.6) is 0 Å². The molecule has 0 aromatic rings. The smallest absolute Gasteiger partial charge is 0.326 e. The second kappa shape index (κ2) is 5.27. The number of rotatable bonds is 4. The number of carbonyl (C=O) groups is 2. The molecule has 1 fully saturated rings. The van der Waals surface area contributed by atoms with Gasteiger partial charge in [0.2, 0.25) is 5.91 Å². The van der Waals surface area contributed by atoms with Crippen molar-refractivity contribution in [2.45, 2.75) is 25.5 Å². The lowest BCUT2D eigenvalue weighted by Crippen LogP contribution is -2.44. The summed E-state index contributed by atoms with van der Waals surface area (Å²) in [5.74, 6) is -1.56. The molecule has 0 aromatic carbocycles. The van der Waals surface area contributed by atoms with Gasteiger partial charge in [-0.05, 0) is 7.05 Å². The normalized spacial score (nSPS) is 26.8. The van der Waals surface area contributed by atoms with Gasteiger partial charge in [0.1, 0.15) is 6.04 Å².